The molecule has 1 N–H and O–H groups in total. The van der Waals surface area contributed by atoms with Crippen LogP contribution < -0.4 is 0 Å². The SMILES string of the molecule is CCCc1cc(C(=O)N2CC[C@H](N3CCOCC3)[C@H](CCC(=O)O)C2)cs1. The minimum Gasteiger partial charge on any atom is -0.481 e. The number of thiophene rings is 1. The van der Waals surface area contributed by atoms with E-state index < -0.39 is 5.97 Å². The monoisotopic (exact) mass is 394 g/mol. The number of carbonyl (C=O) groups excluding carboxylic acids is 1. The van der Waals surface area contributed by atoms with Crippen molar-refractivity contribution in [2.24, 2.45) is 5.92 Å². The fourth-order valence-corrected chi connectivity index (χ4v) is 5.20. The molecule has 2 aliphatic heterocycles. The second-order valence-corrected chi connectivity index (χ2v) is 8.50. The quantitative estimate of drug-likeness (QED) is 0.770. The molecule has 0 radical (unpaired) electrons. The van der Waals surface area contributed by atoms with Gasteiger partial charge >= 0.3 is 5.97 Å². The van der Waals surface area contributed by atoms with E-state index in [2.05, 4.69) is 11.8 Å². The normalized spacial score (nSPS) is 24.1. The molecule has 2 fully saturated rings. The van der Waals surface area contributed by atoms with Crippen molar-refractivity contribution in [3.8, 4) is 0 Å². The minimum atomic E-state index is -0.763. The van der Waals surface area contributed by atoms with Crippen molar-refractivity contribution in [3.05, 3.63) is 21.9 Å². The summed E-state index contributed by atoms with van der Waals surface area (Å²) in [5.74, 6) is -0.471. The Labute approximate surface area is 165 Å². The molecule has 0 aromatic carbocycles. The molecule has 2 aliphatic rings. The van der Waals surface area contributed by atoms with Crippen molar-refractivity contribution in [2.45, 2.75) is 45.1 Å². The average molecular weight is 395 g/mol. The first-order valence-electron chi connectivity index (χ1n) is 9.98. The molecule has 0 bridgehead atoms. The lowest BCUT2D eigenvalue weighted by atomic mass is 9.86. The fourth-order valence-electron chi connectivity index (χ4n) is 4.24. The average Bonchev–Trinajstić information content (AvgIpc) is 3.15. The van der Waals surface area contributed by atoms with E-state index in [-0.39, 0.29) is 18.2 Å². The zero-order chi connectivity index (χ0) is 19.2. The van der Waals surface area contributed by atoms with Crippen LogP contribution in [0.15, 0.2) is 11.4 Å². The molecule has 1 aromatic heterocycles. The molecule has 150 valence electrons. The van der Waals surface area contributed by atoms with Crippen LogP contribution in [-0.2, 0) is 16.0 Å². The number of rotatable bonds is 7. The first-order chi connectivity index (χ1) is 13.1. The number of ether oxygens (including phenoxy) is 1. The molecule has 0 spiro atoms. The third-order valence-corrected chi connectivity index (χ3v) is 6.62. The second kappa shape index (κ2) is 9.66. The number of hydrogen-bond donors (Lipinski definition) is 1. The lowest BCUT2D eigenvalue weighted by Crippen LogP contribution is -2.55. The number of nitrogens with zero attached hydrogens (tertiary/aromatic N) is 2. The topological polar surface area (TPSA) is 70.1 Å². The molecule has 0 saturated carbocycles. The lowest BCUT2D eigenvalue weighted by molar-refractivity contribution is -0.137. The fraction of sp³-hybridized carbons (Fsp3) is 0.700. The maximum atomic E-state index is 13.0. The van der Waals surface area contributed by atoms with Gasteiger partial charge in [-0.2, -0.15) is 0 Å². The van der Waals surface area contributed by atoms with Gasteiger partial charge in [0.1, 0.15) is 0 Å². The summed E-state index contributed by atoms with van der Waals surface area (Å²) in [6.07, 6.45) is 3.77. The number of morpholine rings is 1. The van der Waals surface area contributed by atoms with Gasteiger partial charge in [0.05, 0.1) is 18.8 Å². The highest BCUT2D eigenvalue weighted by molar-refractivity contribution is 7.10. The Hall–Kier alpha value is -1.44. The van der Waals surface area contributed by atoms with Crippen molar-refractivity contribution >= 4 is 23.2 Å². The first-order valence-corrected chi connectivity index (χ1v) is 10.9. The predicted molar refractivity (Wildman–Crippen MR) is 105 cm³/mol. The van der Waals surface area contributed by atoms with Crippen LogP contribution >= 0.6 is 11.3 Å². The number of aliphatic carboxylic acids is 1. The van der Waals surface area contributed by atoms with Crippen LogP contribution in [0.25, 0.3) is 0 Å². The first kappa shape index (κ1) is 20.3. The van der Waals surface area contributed by atoms with Crippen LogP contribution in [0, 0.1) is 5.92 Å². The number of likely N-dealkylation sites (tertiary alicyclic amines) is 1. The maximum Gasteiger partial charge on any atom is 0.303 e. The van der Waals surface area contributed by atoms with E-state index in [0.717, 1.165) is 57.7 Å². The number of carboxylic acid groups (broad SMARTS) is 1. The van der Waals surface area contributed by atoms with Gasteiger partial charge in [0.15, 0.2) is 0 Å². The van der Waals surface area contributed by atoms with Crippen LogP contribution in [0.5, 0.6) is 0 Å². The molecule has 6 nitrogen and oxygen atoms in total. The Bertz CT molecular complexity index is 642. The zero-order valence-electron chi connectivity index (χ0n) is 16.1. The Kier molecular flexibility index (Phi) is 7.26. The molecule has 27 heavy (non-hydrogen) atoms. The number of hydrogen-bond acceptors (Lipinski definition) is 5. The summed E-state index contributed by atoms with van der Waals surface area (Å²) >= 11 is 1.66. The van der Waals surface area contributed by atoms with Crippen molar-refractivity contribution in [1.82, 2.24) is 9.80 Å². The van der Waals surface area contributed by atoms with Crippen molar-refractivity contribution < 1.29 is 19.4 Å². The Morgan fingerprint density at radius 2 is 2.07 bits per heavy atom. The summed E-state index contributed by atoms with van der Waals surface area (Å²) in [5.41, 5.74) is 0.783. The molecule has 2 atom stereocenters. The Morgan fingerprint density at radius 3 is 2.78 bits per heavy atom. The van der Waals surface area contributed by atoms with Crippen molar-refractivity contribution in [2.75, 3.05) is 39.4 Å². The molecular weight excluding hydrogens is 364 g/mol. The van der Waals surface area contributed by atoms with Gasteiger partial charge in [0, 0.05) is 48.9 Å². The molecule has 3 heterocycles. The van der Waals surface area contributed by atoms with Gasteiger partial charge in [-0.15, -0.1) is 11.3 Å². The molecule has 0 unspecified atom stereocenters. The number of carbonyl (C=O) groups is 2. The van der Waals surface area contributed by atoms with Crippen LogP contribution in [0.1, 0.15) is 47.8 Å². The van der Waals surface area contributed by atoms with Crippen molar-refractivity contribution in [1.29, 1.82) is 0 Å². The van der Waals surface area contributed by atoms with Crippen molar-refractivity contribution in [3.63, 3.8) is 0 Å². The number of aryl methyl sites for hydroxylation is 1. The molecule has 1 amide bonds. The predicted octanol–water partition coefficient (Wildman–Crippen LogP) is 2.73. The summed E-state index contributed by atoms with van der Waals surface area (Å²) in [6, 6.07) is 2.37. The molecule has 7 heteroatoms. The Morgan fingerprint density at radius 1 is 1.30 bits per heavy atom. The summed E-state index contributed by atoms with van der Waals surface area (Å²) in [5, 5.41) is 11.1. The van der Waals surface area contributed by atoms with E-state index in [9.17, 15) is 9.59 Å². The van der Waals surface area contributed by atoms with Crippen LogP contribution in [0.4, 0.5) is 0 Å². The summed E-state index contributed by atoms with van der Waals surface area (Å²) in [7, 11) is 0. The largest absolute Gasteiger partial charge is 0.481 e. The molecule has 3 rings (SSSR count). The Balaban J connectivity index is 1.67. The molecule has 0 aliphatic carbocycles. The standard InChI is InChI=1S/C20H30N2O4S/c1-2-3-17-12-16(14-27-17)20(25)22-7-6-18(21-8-10-26-11-9-21)15(13-22)4-5-19(23)24/h12,14-15,18H,2-11,13H2,1H3,(H,23,24)/t15-,18+/m1/s1. The van der Waals surface area contributed by atoms with Gasteiger partial charge in [-0.25, -0.2) is 0 Å². The second-order valence-electron chi connectivity index (χ2n) is 7.50. The number of carboxylic acids is 1. The highest BCUT2D eigenvalue weighted by Gasteiger charge is 2.36. The van der Waals surface area contributed by atoms with E-state index in [1.807, 2.05) is 16.3 Å². The molecular formula is C20H30N2O4S. The van der Waals surface area contributed by atoms with E-state index in [4.69, 9.17) is 9.84 Å². The summed E-state index contributed by atoms with van der Waals surface area (Å²) < 4.78 is 5.46. The lowest BCUT2D eigenvalue weighted by Gasteiger charge is -2.45. The van der Waals surface area contributed by atoms with Gasteiger partial charge in [-0.1, -0.05) is 13.3 Å². The highest BCUT2D eigenvalue weighted by atomic mass is 32.1. The van der Waals surface area contributed by atoms with Gasteiger partial charge in [-0.05, 0) is 31.2 Å². The molecule has 2 saturated heterocycles. The van der Waals surface area contributed by atoms with Crippen LogP contribution in [0.2, 0.25) is 0 Å². The van der Waals surface area contributed by atoms with Crippen LogP contribution in [-0.4, -0.2) is 72.2 Å². The highest BCUT2D eigenvalue weighted by Crippen LogP contribution is 2.28. The van der Waals surface area contributed by atoms with E-state index in [1.54, 1.807) is 11.3 Å². The van der Waals surface area contributed by atoms with E-state index >= 15 is 0 Å². The van der Waals surface area contributed by atoms with Gasteiger partial charge in [0.25, 0.3) is 5.91 Å². The zero-order valence-corrected chi connectivity index (χ0v) is 16.9. The number of piperidine rings is 1. The summed E-state index contributed by atoms with van der Waals surface area (Å²) in [4.78, 5) is 29.7. The van der Waals surface area contributed by atoms with E-state index in [1.165, 1.54) is 4.88 Å². The van der Waals surface area contributed by atoms with E-state index in [0.29, 0.717) is 19.0 Å². The smallest absolute Gasteiger partial charge is 0.303 e. The van der Waals surface area contributed by atoms with Gasteiger partial charge < -0.3 is 14.7 Å². The number of amides is 1. The third-order valence-electron chi connectivity index (χ3n) is 5.62. The van der Waals surface area contributed by atoms with Crippen LogP contribution in [0.3, 0.4) is 0 Å². The van der Waals surface area contributed by atoms with Gasteiger partial charge in [0.2, 0.25) is 0 Å². The molecule has 1 aromatic rings. The maximum absolute atomic E-state index is 13.0. The third kappa shape index (κ3) is 5.30. The van der Waals surface area contributed by atoms with Gasteiger partial charge in [-0.3, -0.25) is 14.5 Å². The minimum absolute atomic E-state index is 0.0920. The summed E-state index contributed by atoms with van der Waals surface area (Å²) in [6.45, 7) is 6.79.